The van der Waals surface area contributed by atoms with Crippen LogP contribution in [0.1, 0.15) is 17.3 Å². The monoisotopic (exact) mass is 306 g/mol. The molecule has 0 aromatic heterocycles. The van der Waals surface area contributed by atoms with Crippen LogP contribution in [0.2, 0.25) is 5.02 Å². The molecule has 110 valence electrons. The number of rotatable bonds is 6. The molecule has 0 amide bonds. The van der Waals surface area contributed by atoms with Gasteiger partial charge in [-0.25, -0.2) is 19.4 Å². The van der Waals surface area contributed by atoms with E-state index in [1.807, 2.05) is 0 Å². The molecule has 1 aromatic carbocycles. The highest BCUT2D eigenvalue weighted by Crippen LogP contribution is 2.23. The first kappa shape index (κ1) is 16.3. The summed E-state index contributed by atoms with van der Waals surface area (Å²) in [6.45, 7) is 0.182. The maximum absolute atomic E-state index is 12.2. The topological polar surface area (TPSA) is 72.6 Å². The Labute approximate surface area is 119 Å². The molecule has 2 N–H and O–H groups in total. The van der Waals surface area contributed by atoms with Gasteiger partial charge in [0.2, 0.25) is 0 Å². The van der Waals surface area contributed by atoms with E-state index in [4.69, 9.17) is 22.2 Å². The van der Waals surface area contributed by atoms with Gasteiger partial charge in [0.25, 0.3) is 6.43 Å². The third-order valence-electron chi connectivity index (χ3n) is 2.24. The maximum atomic E-state index is 12.2. The largest absolute Gasteiger partial charge is 0.454 e. The average Bonchev–Trinajstić information content (AvgIpc) is 2.35. The van der Waals surface area contributed by atoms with E-state index in [1.54, 1.807) is 0 Å². The SMILES string of the molecule is CC(=O)COC(=O)c1cc(N(N)CC(F)F)ccc1Cl. The summed E-state index contributed by atoms with van der Waals surface area (Å²) in [4.78, 5) is 22.4. The van der Waals surface area contributed by atoms with Gasteiger partial charge in [-0.1, -0.05) is 11.6 Å². The second-order valence-corrected chi connectivity index (χ2v) is 4.39. The third kappa shape index (κ3) is 4.75. The van der Waals surface area contributed by atoms with Crippen LogP contribution in [0, 0.1) is 0 Å². The molecule has 1 aromatic rings. The van der Waals surface area contributed by atoms with Crippen molar-refractivity contribution in [3.05, 3.63) is 28.8 Å². The fourth-order valence-corrected chi connectivity index (χ4v) is 1.54. The number of alkyl halides is 2. The van der Waals surface area contributed by atoms with Gasteiger partial charge < -0.3 is 9.75 Å². The van der Waals surface area contributed by atoms with Crippen molar-refractivity contribution in [3.63, 3.8) is 0 Å². The molecule has 0 spiro atoms. The molecule has 0 aliphatic heterocycles. The van der Waals surface area contributed by atoms with Crippen molar-refractivity contribution in [3.8, 4) is 0 Å². The smallest absolute Gasteiger partial charge is 0.340 e. The van der Waals surface area contributed by atoms with E-state index in [9.17, 15) is 18.4 Å². The van der Waals surface area contributed by atoms with Crippen molar-refractivity contribution in [2.75, 3.05) is 18.2 Å². The Hall–Kier alpha value is -1.73. The molecule has 0 saturated carbocycles. The van der Waals surface area contributed by atoms with Crippen LogP contribution in [0.4, 0.5) is 14.5 Å². The number of benzene rings is 1. The van der Waals surface area contributed by atoms with Gasteiger partial charge in [-0.05, 0) is 25.1 Å². The Morgan fingerprint density at radius 1 is 1.45 bits per heavy atom. The zero-order valence-electron chi connectivity index (χ0n) is 10.6. The number of hydrogen-bond donors (Lipinski definition) is 1. The van der Waals surface area contributed by atoms with Gasteiger partial charge >= 0.3 is 5.97 Å². The molecule has 8 heteroatoms. The van der Waals surface area contributed by atoms with Crippen LogP contribution < -0.4 is 10.9 Å². The number of carbonyl (C=O) groups is 2. The number of ether oxygens (including phenoxy) is 1. The van der Waals surface area contributed by atoms with E-state index in [2.05, 4.69) is 0 Å². The zero-order valence-corrected chi connectivity index (χ0v) is 11.4. The van der Waals surface area contributed by atoms with E-state index in [-0.39, 0.29) is 28.7 Å². The van der Waals surface area contributed by atoms with Crippen molar-refractivity contribution in [2.45, 2.75) is 13.3 Å². The molecular formula is C12H13ClF2N2O3. The Morgan fingerprint density at radius 3 is 2.65 bits per heavy atom. The fourth-order valence-electron chi connectivity index (χ4n) is 1.35. The van der Waals surface area contributed by atoms with Gasteiger partial charge in [0.1, 0.15) is 6.61 Å². The number of nitrogens with two attached hydrogens (primary N) is 1. The highest BCUT2D eigenvalue weighted by molar-refractivity contribution is 6.33. The first-order valence-corrected chi connectivity index (χ1v) is 5.95. The molecule has 0 unspecified atom stereocenters. The molecule has 0 saturated heterocycles. The fraction of sp³-hybridized carbons (Fsp3) is 0.333. The lowest BCUT2D eigenvalue weighted by Crippen LogP contribution is -2.35. The number of hydrazine groups is 1. The second kappa shape index (κ2) is 7.16. The normalized spacial score (nSPS) is 10.5. The van der Waals surface area contributed by atoms with Crippen LogP contribution in [-0.2, 0) is 9.53 Å². The van der Waals surface area contributed by atoms with Crippen LogP contribution in [0.3, 0.4) is 0 Å². The number of anilines is 1. The van der Waals surface area contributed by atoms with E-state index >= 15 is 0 Å². The summed E-state index contributed by atoms with van der Waals surface area (Å²) in [5.41, 5.74) is 0.139. The highest BCUT2D eigenvalue weighted by atomic mass is 35.5. The summed E-state index contributed by atoms with van der Waals surface area (Å²) in [6.07, 6.45) is -2.62. The van der Waals surface area contributed by atoms with Crippen molar-refractivity contribution < 1.29 is 23.1 Å². The van der Waals surface area contributed by atoms with Crippen molar-refractivity contribution >= 4 is 29.0 Å². The second-order valence-electron chi connectivity index (χ2n) is 3.99. The molecular weight excluding hydrogens is 294 g/mol. The van der Waals surface area contributed by atoms with Crippen LogP contribution in [0.25, 0.3) is 0 Å². The molecule has 1 rings (SSSR count). The molecule has 0 fully saturated rings. The summed E-state index contributed by atoms with van der Waals surface area (Å²) >= 11 is 5.82. The third-order valence-corrected chi connectivity index (χ3v) is 2.57. The summed E-state index contributed by atoms with van der Waals surface area (Å²) < 4.78 is 29.2. The summed E-state index contributed by atoms with van der Waals surface area (Å²) in [5.74, 6) is 4.29. The van der Waals surface area contributed by atoms with Crippen LogP contribution in [0.5, 0.6) is 0 Å². The molecule has 0 bridgehead atoms. The summed E-state index contributed by atoms with van der Waals surface area (Å²) in [7, 11) is 0. The summed E-state index contributed by atoms with van der Waals surface area (Å²) in [6, 6.07) is 3.96. The van der Waals surface area contributed by atoms with E-state index in [1.165, 1.54) is 25.1 Å². The molecule has 0 aliphatic carbocycles. The Balaban J connectivity index is 2.91. The molecule has 20 heavy (non-hydrogen) atoms. The number of hydrogen-bond acceptors (Lipinski definition) is 5. The lowest BCUT2D eigenvalue weighted by Gasteiger charge is -2.19. The van der Waals surface area contributed by atoms with Gasteiger partial charge in [-0.15, -0.1) is 0 Å². The first-order valence-electron chi connectivity index (χ1n) is 5.57. The lowest BCUT2D eigenvalue weighted by molar-refractivity contribution is -0.120. The van der Waals surface area contributed by atoms with Crippen LogP contribution in [-0.4, -0.2) is 31.3 Å². The molecule has 0 aliphatic rings. The van der Waals surface area contributed by atoms with Crippen molar-refractivity contribution in [1.29, 1.82) is 0 Å². The minimum atomic E-state index is -2.62. The van der Waals surface area contributed by atoms with Gasteiger partial charge in [0, 0.05) is 0 Å². The van der Waals surface area contributed by atoms with Gasteiger partial charge in [0.05, 0.1) is 22.8 Å². The van der Waals surface area contributed by atoms with Crippen LogP contribution in [0.15, 0.2) is 18.2 Å². The Kier molecular flexibility index (Phi) is 5.84. The number of nitrogens with zero attached hydrogens (tertiary/aromatic N) is 1. The van der Waals surface area contributed by atoms with Crippen molar-refractivity contribution in [1.82, 2.24) is 0 Å². The molecule has 0 heterocycles. The molecule has 0 atom stereocenters. The van der Waals surface area contributed by atoms with E-state index < -0.39 is 18.9 Å². The molecule has 0 radical (unpaired) electrons. The van der Waals surface area contributed by atoms with Gasteiger partial charge in [-0.2, -0.15) is 0 Å². The number of carbonyl (C=O) groups excluding carboxylic acids is 2. The molecule has 5 nitrogen and oxygen atoms in total. The van der Waals surface area contributed by atoms with E-state index in [0.717, 1.165) is 5.01 Å². The van der Waals surface area contributed by atoms with Crippen LogP contribution >= 0.6 is 11.6 Å². The Morgan fingerprint density at radius 2 is 2.10 bits per heavy atom. The maximum Gasteiger partial charge on any atom is 0.340 e. The Bertz CT molecular complexity index is 511. The number of halogens is 3. The minimum absolute atomic E-state index is 0.0462. The highest BCUT2D eigenvalue weighted by Gasteiger charge is 2.16. The summed E-state index contributed by atoms with van der Waals surface area (Å²) in [5, 5.41) is 0.871. The first-order chi connectivity index (χ1) is 9.31. The lowest BCUT2D eigenvalue weighted by atomic mass is 10.2. The number of ketones is 1. The van der Waals surface area contributed by atoms with Gasteiger partial charge in [-0.3, -0.25) is 4.79 Å². The quantitative estimate of drug-likeness (QED) is 0.494. The predicted octanol–water partition coefficient (Wildman–Crippen LogP) is 2.03. The van der Waals surface area contributed by atoms with Crippen molar-refractivity contribution in [2.24, 2.45) is 5.84 Å². The van der Waals surface area contributed by atoms with Gasteiger partial charge in [0.15, 0.2) is 5.78 Å². The standard InChI is InChI=1S/C12H13ClF2N2O3/c1-7(18)6-20-12(19)9-4-8(2-3-10(9)13)17(16)5-11(14)15/h2-4,11H,5-6,16H2,1H3. The predicted molar refractivity (Wildman–Crippen MR) is 70.0 cm³/mol. The number of Topliss-reactive ketones (excluding diaryl/α,β-unsaturated/α-hetero) is 1. The number of esters is 1. The van der Waals surface area contributed by atoms with E-state index in [0.29, 0.717) is 0 Å². The average molecular weight is 307 g/mol. The zero-order chi connectivity index (χ0) is 15.3. The minimum Gasteiger partial charge on any atom is -0.454 e.